The predicted molar refractivity (Wildman–Crippen MR) is 196 cm³/mol. The molecule has 0 bridgehead atoms. The molecule has 1 aromatic carbocycles. The quantitative estimate of drug-likeness (QED) is 0.212. The minimum Gasteiger partial charge on any atom is -0.475 e. The molecule has 1 saturated heterocycles. The molecule has 5 aromatic rings. The van der Waals surface area contributed by atoms with Crippen molar-refractivity contribution in [3.8, 4) is 22.1 Å². The summed E-state index contributed by atoms with van der Waals surface area (Å²) in [5.41, 5.74) is 3.95. The molecule has 50 heavy (non-hydrogen) atoms. The van der Waals surface area contributed by atoms with Gasteiger partial charge >= 0.3 is 0 Å². The van der Waals surface area contributed by atoms with E-state index in [0.717, 1.165) is 32.7 Å². The number of anilines is 1. The van der Waals surface area contributed by atoms with Crippen molar-refractivity contribution in [1.29, 1.82) is 0 Å². The number of ether oxygens (including phenoxy) is 1. The minimum atomic E-state index is -0.683. The number of thiazole rings is 1. The van der Waals surface area contributed by atoms with Crippen molar-refractivity contribution in [2.75, 3.05) is 44.3 Å². The first kappa shape index (κ1) is 33.6. The van der Waals surface area contributed by atoms with E-state index in [0.29, 0.717) is 55.6 Å². The van der Waals surface area contributed by atoms with Crippen molar-refractivity contribution in [2.45, 2.75) is 37.5 Å². The number of aromatic amines is 1. The van der Waals surface area contributed by atoms with Crippen molar-refractivity contribution in [2.24, 2.45) is 0 Å². The number of hydrogen-bond acceptors (Lipinski definition) is 11. The Balaban J connectivity index is 0.964. The lowest BCUT2D eigenvalue weighted by Gasteiger charge is -2.29. The van der Waals surface area contributed by atoms with E-state index in [9.17, 15) is 14.4 Å². The summed E-state index contributed by atoms with van der Waals surface area (Å²) in [5, 5.41) is 17.2. The van der Waals surface area contributed by atoms with Crippen LogP contribution in [0.25, 0.3) is 32.7 Å². The van der Waals surface area contributed by atoms with Gasteiger partial charge in [0.2, 0.25) is 17.7 Å². The van der Waals surface area contributed by atoms with E-state index in [1.807, 2.05) is 61.4 Å². The van der Waals surface area contributed by atoms with Gasteiger partial charge in [-0.25, -0.2) is 9.97 Å². The van der Waals surface area contributed by atoms with E-state index in [2.05, 4.69) is 35.5 Å². The van der Waals surface area contributed by atoms with Crippen LogP contribution in [-0.2, 0) is 9.59 Å². The van der Waals surface area contributed by atoms with Gasteiger partial charge in [0.1, 0.15) is 20.4 Å². The van der Waals surface area contributed by atoms with Gasteiger partial charge in [0.25, 0.3) is 5.56 Å². The van der Waals surface area contributed by atoms with Crippen LogP contribution < -0.4 is 15.6 Å². The first-order valence-electron chi connectivity index (χ1n) is 16.4. The summed E-state index contributed by atoms with van der Waals surface area (Å²) in [4.78, 5) is 52.2. The number of amides is 2. The van der Waals surface area contributed by atoms with Crippen LogP contribution >= 0.6 is 23.1 Å². The third-order valence-electron chi connectivity index (χ3n) is 8.92. The number of likely N-dealkylation sites (tertiary alicyclic amines) is 1. The lowest BCUT2D eigenvalue weighted by atomic mass is 10.1. The second-order valence-corrected chi connectivity index (χ2v) is 14.8. The van der Waals surface area contributed by atoms with Gasteiger partial charge < -0.3 is 15.0 Å². The molecule has 0 spiro atoms. The molecule has 0 unspecified atom stereocenters. The highest BCUT2D eigenvalue weighted by Gasteiger charge is 2.44. The van der Waals surface area contributed by atoms with Crippen LogP contribution in [-0.4, -0.2) is 101 Å². The van der Waals surface area contributed by atoms with Crippen molar-refractivity contribution in [1.82, 2.24) is 39.7 Å². The second-order valence-electron chi connectivity index (χ2n) is 12.6. The number of nitrogens with one attached hydrogen (secondary N) is 2. The van der Waals surface area contributed by atoms with Gasteiger partial charge in [0.05, 0.1) is 24.4 Å². The molecule has 7 rings (SSSR count). The van der Waals surface area contributed by atoms with E-state index in [1.165, 1.54) is 33.8 Å². The Morgan fingerprint density at radius 1 is 1.14 bits per heavy atom. The second kappa shape index (κ2) is 14.2. The van der Waals surface area contributed by atoms with E-state index in [1.54, 1.807) is 24.7 Å². The monoisotopic (exact) mass is 711 g/mol. The van der Waals surface area contributed by atoms with Gasteiger partial charge in [-0.15, -0.1) is 11.8 Å². The highest BCUT2D eigenvalue weighted by atomic mass is 32.2. The van der Waals surface area contributed by atoms with Gasteiger partial charge in [0, 0.05) is 67.3 Å². The topological polar surface area (TPSA) is 151 Å². The zero-order valence-corrected chi connectivity index (χ0v) is 29.6. The molecule has 1 fully saturated rings. The van der Waals surface area contributed by atoms with Gasteiger partial charge in [-0.3, -0.25) is 24.4 Å². The highest BCUT2D eigenvalue weighted by molar-refractivity contribution is 8.00. The molecule has 6 heterocycles. The van der Waals surface area contributed by atoms with Crippen molar-refractivity contribution in [3.05, 3.63) is 82.5 Å². The fourth-order valence-corrected chi connectivity index (χ4v) is 8.04. The summed E-state index contributed by atoms with van der Waals surface area (Å²) >= 11 is 2.93. The Morgan fingerprint density at radius 3 is 2.76 bits per heavy atom. The zero-order chi connectivity index (χ0) is 34.8. The molecular weight excluding hydrogens is 675 g/mol. The number of H-pyrrole nitrogens is 1. The summed E-state index contributed by atoms with van der Waals surface area (Å²) in [6.45, 7) is 6.36. The predicted octanol–water partition coefficient (Wildman–Crippen LogP) is 4.48. The number of fused-ring (bicyclic) bond motifs is 1. The molecule has 4 aromatic heterocycles. The number of carbonyl (C=O) groups excluding carboxylic acids is 2. The number of thioether (sulfide) groups is 1. The third-order valence-corrected chi connectivity index (χ3v) is 11.3. The summed E-state index contributed by atoms with van der Waals surface area (Å²) in [7, 11) is 0. The number of nitrogens with zero attached hydrogens (tertiary/aromatic N) is 7. The number of hydrogen-bond donors (Lipinski definition) is 2. The SMILES string of the molecule is CS[C@@]1(C(=O)Nc2ccc3[nH]nc(-c4ccc(OC(C)C)nc4)c3c2)CCN(CC(=O)N2CC=C(c3ncc(-n4ncccc4=O)s3)CC2)C1. The molecule has 0 saturated carbocycles. The van der Waals surface area contributed by atoms with Gasteiger partial charge in [0.15, 0.2) is 0 Å². The van der Waals surface area contributed by atoms with Crippen LogP contribution in [0.2, 0.25) is 0 Å². The highest BCUT2D eigenvalue weighted by Crippen LogP contribution is 2.36. The lowest BCUT2D eigenvalue weighted by Crippen LogP contribution is -2.45. The van der Waals surface area contributed by atoms with E-state index in [-0.39, 0.29) is 30.0 Å². The normalized spacial score (nSPS) is 18.1. The maximum atomic E-state index is 13.8. The zero-order valence-electron chi connectivity index (χ0n) is 28.0. The molecule has 0 aliphatic carbocycles. The number of pyridine rings is 1. The third kappa shape index (κ3) is 6.93. The van der Waals surface area contributed by atoms with Crippen molar-refractivity contribution < 1.29 is 14.3 Å². The van der Waals surface area contributed by atoms with Crippen molar-refractivity contribution >= 4 is 57.1 Å². The number of carbonyl (C=O) groups is 2. The Labute approximate surface area is 296 Å². The first-order chi connectivity index (χ1) is 24.2. The summed E-state index contributed by atoms with van der Waals surface area (Å²) in [5.74, 6) is 0.507. The van der Waals surface area contributed by atoms with Crippen LogP contribution in [0, 0.1) is 0 Å². The Bertz CT molecular complexity index is 2120. The van der Waals surface area contributed by atoms with Gasteiger partial charge in [-0.05, 0) is 68.8 Å². The molecule has 2 aliphatic heterocycles. The Kier molecular flexibility index (Phi) is 9.53. The molecule has 2 aliphatic rings. The van der Waals surface area contributed by atoms with Gasteiger partial charge in [-0.1, -0.05) is 17.4 Å². The fourth-order valence-electron chi connectivity index (χ4n) is 6.24. The largest absolute Gasteiger partial charge is 0.475 e. The fraction of sp³-hybridized carbons (Fsp3) is 0.343. The smallest absolute Gasteiger partial charge is 0.272 e. The van der Waals surface area contributed by atoms with Crippen LogP contribution in [0.15, 0.2) is 71.9 Å². The Hall–Kier alpha value is -4.86. The van der Waals surface area contributed by atoms with Crippen LogP contribution in [0.3, 0.4) is 0 Å². The number of rotatable bonds is 10. The molecule has 1 atom stereocenters. The Morgan fingerprint density at radius 2 is 2.02 bits per heavy atom. The van der Waals surface area contributed by atoms with E-state index >= 15 is 0 Å². The standard InChI is InChI=1S/C35H37N9O4S2/c1-22(2)48-28-9-6-24(18-36-28)32-26-17-25(7-8-27(26)40-41-32)39-34(47)35(49-3)12-16-42(21-35)20-30(46)43-14-10-23(11-15-43)33-37-19-31(50-33)44-29(45)5-4-13-38-44/h4-10,13,17-19,22H,11-12,14-16,20-21H2,1-3H3,(H,39,47)(H,40,41)/t35-/m0/s1. The summed E-state index contributed by atoms with van der Waals surface area (Å²) < 4.78 is 6.33. The molecule has 15 heteroatoms. The average Bonchev–Trinajstić information content (AvgIpc) is 3.88. The van der Waals surface area contributed by atoms with Crippen LogP contribution in [0.4, 0.5) is 5.69 Å². The number of aromatic nitrogens is 6. The van der Waals surface area contributed by atoms with Crippen LogP contribution in [0.5, 0.6) is 5.88 Å². The molecule has 13 nitrogen and oxygen atoms in total. The van der Waals surface area contributed by atoms with Crippen molar-refractivity contribution in [3.63, 3.8) is 0 Å². The molecule has 2 amide bonds. The molecular formula is C35H37N9O4S2. The first-order valence-corrected chi connectivity index (χ1v) is 18.4. The lowest BCUT2D eigenvalue weighted by molar-refractivity contribution is -0.132. The van der Waals surface area contributed by atoms with E-state index in [4.69, 9.17) is 4.74 Å². The summed E-state index contributed by atoms with van der Waals surface area (Å²) in [6, 6.07) is 12.5. The molecule has 0 radical (unpaired) electrons. The maximum Gasteiger partial charge on any atom is 0.272 e. The van der Waals surface area contributed by atoms with E-state index < -0.39 is 4.75 Å². The van der Waals surface area contributed by atoms with Gasteiger partial charge in [-0.2, -0.15) is 14.9 Å². The average molecular weight is 712 g/mol. The number of benzene rings is 1. The molecule has 258 valence electrons. The summed E-state index contributed by atoms with van der Waals surface area (Å²) in [6.07, 6.45) is 10.3. The minimum absolute atomic E-state index is 0.0305. The molecule has 2 N–H and O–H groups in total. The maximum absolute atomic E-state index is 13.8. The van der Waals surface area contributed by atoms with Crippen LogP contribution in [0.1, 0.15) is 31.7 Å².